The number of fused-ring (bicyclic) bond motifs is 1. The Morgan fingerprint density at radius 2 is 1.83 bits per heavy atom. The van der Waals surface area contributed by atoms with Gasteiger partial charge >= 0.3 is 5.97 Å². The highest BCUT2D eigenvalue weighted by atomic mass is 16.5. The standard InChI is InChI=1S/C16H19N3O4/c1-9(13(20)17-16(2,3)4)23-15(22)12-10-7-5-6-8-11(10)14(21)19-18-12/h5-9H,1-4H3,(H,17,20)(H,19,21)/t9-/m0/s1. The number of carbonyl (C=O) groups is 2. The quantitative estimate of drug-likeness (QED) is 0.833. The fraction of sp³-hybridized carbons (Fsp3) is 0.375. The molecule has 1 aromatic heterocycles. The van der Waals surface area contributed by atoms with E-state index in [4.69, 9.17) is 4.74 Å². The largest absolute Gasteiger partial charge is 0.448 e. The van der Waals surface area contributed by atoms with E-state index < -0.39 is 29.1 Å². The molecule has 0 saturated carbocycles. The number of nitrogens with one attached hydrogen (secondary N) is 2. The summed E-state index contributed by atoms with van der Waals surface area (Å²) in [5, 5.41) is 9.45. The topological polar surface area (TPSA) is 101 Å². The lowest BCUT2D eigenvalue weighted by atomic mass is 10.1. The zero-order chi connectivity index (χ0) is 17.2. The Kier molecular flexibility index (Phi) is 4.49. The van der Waals surface area contributed by atoms with Gasteiger partial charge in [-0.1, -0.05) is 18.2 Å². The van der Waals surface area contributed by atoms with E-state index in [-0.39, 0.29) is 5.69 Å². The highest BCUT2D eigenvalue weighted by Gasteiger charge is 2.24. The SMILES string of the molecule is C[C@H](OC(=O)c1n[nH]c(=O)c2ccccc12)C(=O)NC(C)(C)C. The summed E-state index contributed by atoms with van der Waals surface area (Å²) in [6, 6.07) is 6.57. The Balaban J connectivity index is 2.24. The first-order valence-electron chi connectivity index (χ1n) is 7.19. The average Bonchev–Trinajstić information content (AvgIpc) is 2.46. The van der Waals surface area contributed by atoms with Gasteiger partial charge in [0.2, 0.25) is 0 Å². The van der Waals surface area contributed by atoms with Crippen LogP contribution in [0, 0.1) is 0 Å². The van der Waals surface area contributed by atoms with E-state index >= 15 is 0 Å². The maximum Gasteiger partial charge on any atom is 0.360 e. The van der Waals surface area contributed by atoms with Gasteiger partial charge in [-0.05, 0) is 33.8 Å². The molecule has 7 nitrogen and oxygen atoms in total. The van der Waals surface area contributed by atoms with Gasteiger partial charge in [0.15, 0.2) is 11.8 Å². The first kappa shape index (κ1) is 16.7. The fourth-order valence-corrected chi connectivity index (χ4v) is 2.01. The maximum atomic E-state index is 12.3. The third-order valence-corrected chi connectivity index (χ3v) is 3.04. The molecule has 0 saturated heterocycles. The van der Waals surface area contributed by atoms with E-state index in [1.165, 1.54) is 6.92 Å². The summed E-state index contributed by atoms with van der Waals surface area (Å²) in [6.45, 7) is 6.97. The molecule has 0 unspecified atom stereocenters. The van der Waals surface area contributed by atoms with Crippen LogP contribution in [-0.2, 0) is 9.53 Å². The monoisotopic (exact) mass is 317 g/mol. The molecule has 2 aromatic rings. The Morgan fingerprint density at radius 1 is 1.22 bits per heavy atom. The summed E-state index contributed by atoms with van der Waals surface area (Å²) in [5.41, 5.74) is -0.855. The number of aromatic nitrogens is 2. The fourth-order valence-electron chi connectivity index (χ4n) is 2.01. The van der Waals surface area contributed by atoms with Crippen LogP contribution in [0.4, 0.5) is 0 Å². The lowest BCUT2D eigenvalue weighted by Crippen LogP contribution is -2.46. The Hall–Kier alpha value is -2.70. The molecule has 7 heteroatoms. The predicted octanol–water partition coefficient (Wildman–Crippen LogP) is 1.38. The number of amides is 1. The lowest BCUT2D eigenvalue weighted by molar-refractivity contribution is -0.130. The second-order valence-corrected chi connectivity index (χ2v) is 6.23. The summed E-state index contributed by atoms with van der Waals surface area (Å²) in [7, 11) is 0. The van der Waals surface area contributed by atoms with Crippen molar-refractivity contribution < 1.29 is 14.3 Å². The van der Waals surface area contributed by atoms with Crippen LogP contribution in [0.3, 0.4) is 0 Å². The molecule has 1 amide bonds. The summed E-state index contributed by atoms with van der Waals surface area (Å²) >= 11 is 0. The molecule has 1 aromatic carbocycles. The van der Waals surface area contributed by atoms with Crippen molar-refractivity contribution in [2.24, 2.45) is 0 Å². The molecule has 0 aliphatic rings. The van der Waals surface area contributed by atoms with Gasteiger partial charge in [-0.15, -0.1) is 0 Å². The number of hydrogen-bond donors (Lipinski definition) is 2. The Bertz CT molecular complexity index is 805. The van der Waals surface area contributed by atoms with Crippen molar-refractivity contribution in [3.8, 4) is 0 Å². The molecular formula is C16H19N3O4. The molecular weight excluding hydrogens is 298 g/mol. The molecule has 0 spiro atoms. The number of esters is 1. The zero-order valence-electron chi connectivity index (χ0n) is 13.5. The van der Waals surface area contributed by atoms with Crippen molar-refractivity contribution in [2.45, 2.75) is 39.3 Å². The summed E-state index contributed by atoms with van der Waals surface area (Å²) in [6.07, 6.45) is -0.978. The van der Waals surface area contributed by atoms with E-state index in [0.29, 0.717) is 10.8 Å². The minimum atomic E-state index is -0.978. The van der Waals surface area contributed by atoms with Crippen molar-refractivity contribution in [3.63, 3.8) is 0 Å². The van der Waals surface area contributed by atoms with Crippen molar-refractivity contribution in [2.75, 3.05) is 0 Å². The molecule has 0 bridgehead atoms. The first-order valence-corrected chi connectivity index (χ1v) is 7.19. The second kappa shape index (κ2) is 6.20. The lowest BCUT2D eigenvalue weighted by Gasteiger charge is -2.23. The van der Waals surface area contributed by atoms with Crippen LogP contribution in [0.5, 0.6) is 0 Å². The van der Waals surface area contributed by atoms with Crippen molar-refractivity contribution >= 4 is 22.6 Å². The molecule has 0 radical (unpaired) electrons. The number of rotatable bonds is 3. The zero-order valence-corrected chi connectivity index (χ0v) is 13.5. The van der Waals surface area contributed by atoms with E-state index in [2.05, 4.69) is 15.5 Å². The van der Waals surface area contributed by atoms with Crippen molar-refractivity contribution in [1.82, 2.24) is 15.5 Å². The number of H-pyrrole nitrogens is 1. The van der Waals surface area contributed by atoms with Gasteiger partial charge in [0.05, 0.1) is 5.39 Å². The van der Waals surface area contributed by atoms with Gasteiger partial charge in [0, 0.05) is 10.9 Å². The molecule has 1 heterocycles. The predicted molar refractivity (Wildman–Crippen MR) is 85.1 cm³/mol. The van der Waals surface area contributed by atoms with Gasteiger partial charge in [-0.2, -0.15) is 5.10 Å². The van der Waals surface area contributed by atoms with E-state index in [1.807, 2.05) is 20.8 Å². The Labute approximate surface area is 133 Å². The average molecular weight is 317 g/mol. The van der Waals surface area contributed by atoms with Crippen molar-refractivity contribution in [3.05, 3.63) is 40.3 Å². The van der Waals surface area contributed by atoms with Crippen LogP contribution < -0.4 is 10.9 Å². The second-order valence-electron chi connectivity index (χ2n) is 6.23. The number of aromatic amines is 1. The number of benzene rings is 1. The smallest absolute Gasteiger partial charge is 0.360 e. The number of nitrogens with zero attached hydrogens (tertiary/aromatic N) is 1. The molecule has 2 rings (SSSR count). The Morgan fingerprint density at radius 3 is 2.43 bits per heavy atom. The highest BCUT2D eigenvalue weighted by Crippen LogP contribution is 2.14. The van der Waals surface area contributed by atoms with E-state index in [1.54, 1.807) is 24.3 Å². The van der Waals surface area contributed by atoms with E-state index in [9.17, 15) is 14.4 Å². The van der Waals surface area contributed by atoms with Gasteiger partial charge in [0.25, 0.3) is 11.5 Å². The van der Waals surface area contributed by atoms with Crippen LogP contribution in [-0.4, -0.2) is 33.7 Å². The molecule has 23 heavy (non-hydrogen) atoms. The van der Waals surface area contributed by atoms with Gasteiger partial charge in [0.1, 0.15) is 0 Å². The number of hydrogen-bond acceptors (Lipinski definition) is 5. The van der Waals surface area contributed by atoms with Crippen LogP contribution in [0.1, 0.15) is 38.2 Å². The van der Waals surface area contributed by atoms with Crippen LogP contribution in [0.15, 0.2) is 29.1 Å². The molecule has 0 aliphatic carbocycles. The first-order chi connectivity index (χ1) is 10.7. The summed E-state index contributed by atoms with van der Waals surface area (Å²) in [4.78, 5) is 35.9. The normalized spacial score (nSPS) is 12.7. The summed E-state index contributed by atoms with van der Waals surface area (Å²) in [5.74, 6) is -1.17. The maximum absolute atomic E-state index is 12.3. The minimum absolute atomic E-state index is 0.0318. The third kappa shape index (κ3) is 3.94. The van der Waals surface area contributed by atoms with E-state index in [0.717, 1.165) is 0 Å². The molecule has 2 N–H and O–H groups in total. The summed E-state index contributed by atoms with van der Waals surface area (Å²) < 4.78 is 5.16. The number of carbonyl (C=O) groups excluding carboxylic acids is 2. The highest BCUT2D eigenvalue weighted by molar-refractivity contribution is 6.02. The molecule has 1 atom stereocenters. The molecule has 0 fully saturated rings. The van der Waals surface area contributed by atoms with Gasteiger partial charge in [-0.3, -0.25) is 9.59 Å². The molecule has 122 valence electrons. The van der Waals surface area contributed by atoms with Crippen LogP contribution >= 0.6 is 0 Å². The van der Waals surface area contributed by atoms with Gasteiger partial charge < -0.3 is 10.1 Å². The van der Waals surface area contributed by atoms with Gasteiger partial charge in [-0.25, -0.2) is 9.89 Å². The third-order valence-electron chi connectivity index (χ3n) is 3.04. The van der Waals surface area contributed by atoms with Crippen LogP contribution in [0.25, 0.3) is 10.8 Å². The number of ether oxygens (including phenoxy) is 1. The van der Waals surface area contributed by atoms with Crippen molar-refractivity contribution in [1.29, 1.82) is 0 Å². The molecule has 0 aliphatic heterocycles. The minimum Gasteiger partial charge on any atom is -0.448 e. The van der Waals surface area contributed by atoms with Crippen LogP contribution in [0.2, 0.25) is 0 Å².